The summed E-state index contributed by atoms with van der Waals surface area (Å²) >= 11 is 0. The van der Waals surface area contributed by atoms with Crippen molar-refractivity contribution >= 4 is 11.8 Å². The number of ether oxygens (including phenoxy) is 1. The third kappa shape index (κ3) is 8.17. The molecule has 0 saturated carbocycles. The van der Waals surface area contributed by atoms with Crippen LogP contribution in [0.2, 0.25) is 0 Å². The highest BCUT2D eigenvalue weighted by atomic mass is 19.1. The van der Waals surface area contributed by atoms with E-state index >= 15 is 0 Å². The fourth-order valence-electron chi connectivity index (χ4n) is 4.10. The predicted octanol–water partition coefficient (Wildman–Crippen LogP) is 5.74. The first-order valence-electron chi connectivity index (χ1n) is 12.8. The third-order valence-electron chi connectivity index (χ3n) is 6.15. The van der Waals surface area contributed by atoms with Gasteiger partial charge in [-0.3, -0.25) is 9.59 Å². The van der Waals surface area contributed by atoms with Gasteiger partial charge in [0.25, 0.3) is 5.91 Å². The molecule has 3 rings (SSSR count). The van der Waals surface area contributed by atoms with Crippen LogP contribution in [0.15, 0.2) is 78.9 Å². The number of nitrogens with one attached hydrogen (secondary N) is 1. The molecule has 3 aromatic carbocycles. The Morgan fingerprint density at radius 3 is 2.22 bits per heavy atom. The van der Waals surface area contributed by atoms with Crippen molar-refractivity contribution in [2.45, 2.75) is 52.6 Å². The molecule has 0 heterocycles. The van der Waals surface area contributed by atoms with Crippen LogP contribution >= 0.6 is 0 Å². The van der Waals surface area contributed by atoms with Gasteiger partial charge in [-0.1, -0.05) is 94.4 Å². The number of para-hydroxylation sites is 1. The highest BCUT2D eigenvalue weighted by Crippen LogP contribution is 2.26. The van der Waals surface area contributed by atoms with E-state index in [9.17, 15) is 14.0 Å². The molecule has 6 heteroatoms. The molecule has 0 aromatic heterocycles. The molecular formula is C31H37FN2O3. The number of hydrogen-bond donors (Lipinski definition) is 1. The second-order valence-electron chi connectivity index (χ2n) is 9.94. The van der Waals surface area contributed by atoms with Crippen molar-refractivity contribution in [1.29, 1.82) is 0 Å². The molecule has 0 aliphatic heterocycles. The normalized spacial score (nSPS) is 11.9. The fraction of sp³-hybridized carbons (Fsp3) is 0.355. The maximum Gasteiger partial charge on any atom is 0.261 e. The van der Waals surface area contributed by atoms with Crippen LogP contribution in [0.5, 0.6) is 5.75 Å². The number of rotatable bonds is 12. The quantitative estimate of drug-likeness (QED) is 0.342. The molecule has 0 radical (unpaired) electrons. The molecule has 196 valence electrons. The lowest BCUT2D eigenvalue weighted by atomic mass is 10.0. The molecule has 0 aliphatic rings. The average molecular weight is 505 g/mol. The minimum Gasteiger partial charge on any atom is -0.483 e. The smallest absolute Gasteiger partial charge is 0.261 e. The van der Waals surface area contributed by atoms with Crippen molar-refractivity contribution < 1.29 is 18.7 Å². The zero-order valence-corrected chi connectivity index (χ0v) is 22.1. The summed E-state index contributed by atoms with van der Waals surface area (Å²) in [6, 6.07) is 22.6. The standard InChI is InChI=1S/C31H37FN2O3/c1-22(2)19-33-31(36)28(18-24-12-6-5-7-13-24)34(20-25-14-8-10-16-27(25)32)30(35)21-37-29-17-11-9-15-26(29)23(3)4/h5-17,22-23,28H,18-21H2,1-4H3,(H,33,36)/t28-/m1/s1. The van der Waals surface area contributed by atoms with Gasteiger partial charge in [-0.25, -0.2) is 4.39 Å². The van der Waals surface area contributed by atoms with Gasteiger partial charge in [-0.2, -0.15) is 0 Å². The molecule has 5 nitrogen and oxygen atoms in total. The SMILES string of the molecule is CC(C)CNC(=O)[C@@H](Cc1ccccc1)N(Cc1ccccc1F)C(=O)COc1ccccc1C(C)C. The number of halogens is 1. The van der Waals surface area contributed by atoms with E-state index in [0.29, 0.717) is 24.3 Å². The van der Waals surface area contributed by atoms with Gasteiger partial charge in [-0.05, 0) is 35.1 Å². The van der Waals surface area contributed by atoms with E-state index in [1.807, 2.05) is 68.4 Å². The van der Waals surface area contributed by atoms with Crippen LogP contribution in [0.3, 0.4) is 0 Å². The van der Waals surface area contributed by atoms with Gasteiger partial charge in [-0.15, -0.1) is 0 Å². The van der Waals surface area contributed by atoms with Gasteiger partial charge in [0.1, 0.15) is 17.6 Å². The highest BCUT2D eigenvalue weighted by molar-refractivity contribution is 5.88. The molecule has 0 aliphatic carbocycles. The monoisotopic (exact) mass is 504 g/mol. The summed E-state index contributed by atoms with van der Waals surface area (Å²) in [7, 11) is 0. The maximum absolute atomic E-state index is 14.7. The molecule has 0 bridgehead atoms. The van der Waals surface area contributed by atoms with E-state index in [-0.39, 0.29) is 36.8 Å². The third-order valence-corrected chi connectivity index (χ3v) is 6.15. The predicted molar refractivity (Wildman–Crippen MR) is 145 cm³/mol. The molecule has 0 spiro atoms. The van der Waals surface area contributed by atoms with Crippen LogP contribution in [0.25, 0.3) is 0 Å². The van der Waals surface area contributed by atoms with Gasteiger partial charge in [0, 0.05) is 25.1 Å². The van der Waals surface area contributed by atoms with Crippen LogP contribution < -0.4 is 10.1 Å². The van der Waals surface area contributed by atoms with Crippen molar-refractivity contribution in [3.63, 3.8) is 0 Å². The molecule has 0 fully saturated rings. The molecule has 1 N–H and O–H groups in total. The van der Waals surface area contributed by atoms with E-state index in [1.165, 1.54) is 11.0 Å². The van der Waals surface area contributed by atoms with E-state index in [0.717, 1.165) is 11.1 Å². The lowest BCUT2D eigenvalue weighted by Crippen LogP contribution is -2.52. The van der Waals surface area contributed by atoms with Gasteiger partial charge in [0.05, 0.1) is 0 Å². The lowest BCUT2D eigenvalue weighted by molar-refractivity contribution is -0.142. The maximum atomic E-state index is 14.7. The summed E-state index contributed by atoms with van der Waals surface area (Å²) < 4.78 is 20.7. The summed E-state index contributed by atoms with van der Waals surface area (Å²) in [5.41, 5.74) is 2.24. The van der Waals surface area contributed by atoms with E-state index < -0.39 is 11.9 Å². The Morgan fingerprint density at radius 1 is 0.892 bits per heavy atom. The van der Waals surface area contributed by atoms with Crippen LogP contribution in [0.1, 0.15) is 50.3 Å². The molecule has 2 amide bonds. The zero-order chi connectivity index (χ0) is 26.8. The molecule has 3 aromatic rings. The summed E-state index contributed by atoms with van der Waals surface area (Å²) in [6.45, 7) is 8.30. The van der Waals surface area contributed by atoms with Gasteiger partial charge >= 0.3 is 0 Å². The Hall–Kier alpha value is -3.67. The summed E-state index contributed by atoms with van der Waals surface area (Å²) in [5, 5.41) is 2.97. The van der Waals surface area contributed by atoms with Crippen LogP contribution in [0.4, 0.5) is 4.39 Å². The number of hydrogen-bond acceptors (Lipinski definition) is 3. The Morgan fingerprint density at radius 2 is 1.54 bits per heavy atom. The minimum atomic E-state index is -0.836. The van der Waals surface area contributed by atoms with E-state index in [2.05, 4.69) is 19.2 Å². The number of amides is 2. The van der Waals surface area contributed by atoms with E-state index in [1.54, 1.807) is 18.2 Å². The first-order chi connectivity index (χ1) is 17.8. The van der Waals surface area contributed by atoms with Crippen molar-refractivity contribution in [1.82, 2.24) is 10.2 Å². The van der Waals surface area contributed by atoms with Crippen LogP contribution in [-0.2, 0) is 22.6 Å². The van der Waals surface area contributed by atoms with Crippen LogP contribution in [-0.4, -0.2) is 35.9 Å². The molecular weight excluding hydrogens is 467 g/mol. The number of carbonyl (C=O) groups excluding carboxylic acids is 2. The lowest BCUT2D eigenvalue weighted by Gasteiger charge is -2.32. The molecule has 1 atom stereocenters. The minimum absolute atomic E-state index is 0.0483. The number of benzene rings is 3. The highest BCUT2D eigenvalue weighted by Gasteiger charge is 2.31. The average Bonchev–Trinajstić information content (AvgIpc) is 2.89. The number of nitrogens with zero attached hydrogens (tertiary/aromatic N) is 1. The molecule has 0 unspecified atom stereocenters. The largest absolute Gasteiger partial charge is 0.483 e. The molecule has 37 heavy (non-hydrogen) atoms. The van der Waals surface area contributed by atoms with Gasteiger partial charge in [0.2, 0.25) is 5.91 Å². The fourth-order valence-corrected chi connectivity index (χ4v) is 4.10. The first-order valence-corrected chi connectivity index (χ1v) is 12.8. The summed E-state index contributed by atoms with van der Waals surface area (Å²) in [5.74, 6) is 0.00150. The second-order valence-corrected chi connectivity index (χ2v) is 9.94. The zero-order valence-electron chi connectivity index (χ0n) is 22.1. The Bertz CT molecular complexity index is 1160. The van der Waals surface area contributed by atoms with Gasteiger partial charge < -0.3 is 15.0 Å². The Kier molecular flexibility index (Phi) is 10.2. The van der Waals surface area contributed by atoms with Gasteiger partial charge in [0.15, 0.2) is 6.61 Å². The summed E-state index contributed by atoms with van der Waals surface area (Å²) in [4.78, 5) is 28.6. The van der Waals surface area contributed by atoms with E-state index in [4.69, 9.17) is 4.74 Å². The number of carbonyl (C=O) groups is 2. The second kappa shape index (κ2) is 13.6. The Balaban J connectivity index is 1.93. The van der Waals surface area contributed by atoms with Crippen molar-refractivity contribution in [2.24, 2.45) is 5.92 Å². The van der Waals surface area contributed by atoms with Crippen molar-refractivity contribution in [2.75, 3.05) is 13.2 Å². The van der Waals surface area contributed by atoms with Crippen molar-refractivity contribution in [3.05, 3.63) is 101 Å². The Labute approximate surface area is 219 Å². The first kappa shape index (κ1) is 27.9. The summed E-state index contributed by atoms with van der Waals surface area (Å²) in [6.07, 6.45) is 0.299. The molecule has 0 saturated heterocycles. The van der Waals surface area contributed by atoms with Crippen molar-refractivity contribution in [3.8, 4) is 5.75 Å². The topological polar surface area (TPSA) is 58.6 Å². The van der Waals surface area contributed by atoms with Crippen LogP contribution in [0, 0.1) is 11.7 Å².